The topological polar surface area (TPSA) is 18.5 Å². The lowest BCUT2D eigenvalue weighted by atomic mass is 9.95. The Kier molecular flexibility index (Phi) is 8.86. The molecule has 0 radical (unpaired) electrons. The van der Waals surface area contributed by atoms with Gasteiger partial charge in [0.05, 0.1) is 28.5 Å². The van der Waals surface area contributed by atoms with Crippen LogP contribution < -0.4 is 21.2 Å². The molecule has 38 heavy (non-hydrogen) atoms. The second-order valence-corrected chi connectivity index (χ2v) is 12.7. The summed E-state index contributed by atoms with van der Waals surface area (Å²) in [6, 6.07) is 24.8. The van der Waals surface area contributed by atoms with Crippen molar-refractivity contribution in [3.63, 3.8) is 0 Å². The summed E-state index contributed by atoms with van der Waals surface area (Å²) in [4.78, 5) is 0. The van der Waals surface area contributed by atoms with Gasteiger partial charge in [-0.05, 0) is 110 Å². The lowest BCUT2D eigenvalue weighted by Gasteiger charge is -2.36. The maximum atomic E-state index is 13.7. The van der Waals surface area contributed by atoms with E-state index < -0.39 is 16.3 Å². The molecule has 2 atom stereocenters. The summed E-state index contributed by atoms with van der Waals surface area (Å²) in [5.74, 6) is -1.37. The average Bonchev–Trinajstić information content (AvgIpc) is 2.93. The number of rotatable bonds is 8. The largest absolute Gasteiger partial charge is 0.344 e. The monoisotopic (exact) mass is 556 g/mol. The normalized spacial score (nSPS) is 17.7. The van der Waals surface area contributed by atoms with Crippen molar-refractivity contribution in [1.29, 1.82) is 0 Å². The molecule has 1 aliphatic rings. The molecular weight excluding hydrogens is 530 g/mol. The van der Waals surface area contributed by atoms with Crippen molar-refractivity contribution in [1.82, 2.24) is 0 Å². The summed E-state index contributed by atoms with van der Waals surface area (Å²) in [5, 5.41) is 3.27. The molecule has 0 N–H and O–H groups in total. The molecular formula is C30H26F4O2P2. The Labute approximate surface area is 222 Å². The Morgan fingerprint density at radius 3 is 0.895 bits per heavy atom. The van der Waals surface area contributed by atoms with E-state index in [1.165, 1.54) is 48.5 Å². The smallest absolute Gasteiger partial charge is 0.123 e. The first kappa shape index (κ1) is 27.0. The summed E-state index contributed by atoms with van der Waals surface area (Å²) in [6.07, 6.45) is 2.92. The fraction of sp³-hybridized carbons (Fsp3) is 0.200. The van der Waals surface area contributed by atoms with Crippen LogP contribution in [0.5, 0.6) is 0 Å². The van der Waals surface area contributed by atoms with Crippen molar-refractivity contribution in [2.45, 2.75) is 37.9 Å². The molecule has 1 saturated carbocycles. The highest BCUT2D eigenvalue weighted by molar-refractivity contribution is 7.69. The minimum absolute atomic E-state index is 0.268. The summed E-state index contributed by atoms with van der Waals surface area (Å²) in [6.45, 7) is 0. The van der Waals surface area contributed by atoms with Gasteiger partial charge >= 0.3 is 0 Å². The van der Waals surface area contributed by atoms with E-state index in [0.29, 0.717) is 0 Å². The number of halogens is 4. The van der Waals surface area contributed by atoms with Crippen molar-refractivity contribution in [2.24, 2.45) is 0 Å². The second-order valence-electron chi connectivity index (χ2n) is 9.07. The Bertz CT molecular complexity index is 1120. The fourth-order valence-electron chi connectivity index (χ4n) is 4.42. The third-order valence-corrected chi connectivity index (χ3v) is 10.4. The van der Waals surface area contributed by atoms with Crippen LogP contribution in [-0.2, 0) is 9.05 Å². The molecule has 0 amide bonds. The van der Waals surface area contributed by atoms with Crippen LogP contribution in [0.15, 0.2) is 97.1 Å². The van der Waals surface area contributed by atoms with Gasteiger partial charge < -0.3 is 9.05 Å². The van der Waals surface area contributed by atoms with Gasteiger partial charge in [0.15, 0.2) is 0 Å². The first-order valence-corrected chi connectivity index (χ1v) is 14.9. The Balaban J connectivity index is 1.45. The van der Waals surface area contributed by atoms with Gasteiger partial charge in [-0.2, -0.15) is 0 Å². The van der Waals surface area contributed by atoms with E-state index in [4.69, 9.17) is 9.05 Å². The summed E-state index contributed by atoms with van der Waals surface area (Å²) >= 11 is 0. The maximum Gasteiger partial charge on any atom is 0.123 e. The molecule has 0 bridgehead atoms. The van der Waals surface area contributed by atoms with Gasteiger partial charge in [0.25, 0.3) is 0 Å². The van der Waals surface area contributed by atoms with E-state index >= 15 is 0 Å². The van der Waals surface area contributed by atoms with Crippen LogP contribution >= 0.6 is 16.3 Å². The first-order chi connectivity index (χ1) is 18.5. The molecule has 0 aliphatic heterocycles. The third-order valence-electron chi connectivity index (χ3n) is 6.37. The van der Waals surface area contributed by atoms with Gasteiger partial charge in [0.1, 0.15) is 23.3 Å². The van der Waals surface area contributed by atoms with Crippen molar-refractivity contribution >= 4 is 37.5 Å². The van der Waals surface area contributed by atoms with Gasteiger partial charge in [-0.1, -0.05) is 12.8 Å². The fourth-order valence-corrected chi connectivity index (χ4v) is 8.21. The van der Waals surface area contributed by atoms with E-state index in [0.717, 1.165) is 46.9 Å². The van der Waals surface area contributed by atoms with E-state index in [1.807, 2.05) is 0 Å². The molecule has 1 fully saturated rings. The standard InChI is InChI=1S/C30H26F4O2P2/c31-21-5-13-25(14-6-21)37(26-15-7-22(32)8-16-26)35-29-3-1-2-4-30(29)36-38(27-17-9-23(33)10-18-27)28-19-11-24(34)12-20-28/h5-20,29-30H,1-4H2/t29-,30-/m0/s1. The second kappa shape index (κ2) is 12.5. The van der Waals surface area contributed by atoms with Gasteiger partial charge in [0, 0.05) is 21.2 Å². The van der Waals surface area contributed by atoms with Crippen molar-refractivity contribution in [2.75, 3.05) is 0 Å². The van der Waals surface area contributed by atoms with Crippen LogP contribution in [0.3, 0.4) is 0 Å². The molecule has 0 heterocycles. The molecule has 5 rings (SSSR count). The van der Waals surface area contributed by atoms with E-state index in [2.05, 4.69) is 0 Å². The molecule has 4 aromatic rings. The Morgan fingerprint density at radius 1 is 0.421 bits per heavy atom. The van der Waals surface area contributed by atoms with E-state index in [1.54, 1.807) is 48.5 Å². The zero-order chi connectivity index (χ0) is 26.5. The van der Waals surface area contributed by atoms with E-state index in [-0.39, 0.29) is 35.5 Å². The number of hydrogen-bond donors (Lipinski definition) is 0. The zero-order valence-electron chi connectivity index (χ0n) is 20.4. The van der Waals surface area contributed by atoms with Gasteiger partial charge in [-0.3, -0.25) is 0 Å². The average molecular weight is 556 g/mol. The number of hydrogen-bond acceptors (Lipinski definition) is 2. The summed E-state index contributed by atoms with van der Waals surface area (Å²) in [5.41, 5.74) is 0. The zero-order valence-corrected chi connectivity index (χ0v) is 22.2. The maximum absolute atomic E-state index is 13.7. The highest BCUT2D eigenvalue weighted by Gasteiger charge is 2.33. The molecule has 196 valence electrons. The highest BCUT2D eigenvalue weighted by atomic mass is 31.1. The summed E-state index contributed by atoms with van der Waals surface area (Å²) < 4.78 is 68.3. The molecule has 0 saturated heterocycles. The summed E-state index contributed by atoms with van der Waals surface area (Å²) in [7, 11) is -2.75. The van der Waals surface area contributed by atoms with Crippen LogP contribution in [-0.4, -0.2) is 12.2 Å². The van der Waals surface area contributed by atoms with Gasteiger partial charge in [0.2, 0.25) is 0 Å². The SMILES string of the molecule is Fc1ccc(P(O[C@H]2CCCC[C@@H]2OP(c2ccc(F)cc2)c2ccc(F)cc2)c2ccc(F)cc2)cc1. The van der Waals surface area contributed by atoms with E-state index in [9.17, 15) is 17.6 Å². The molecule has 4 aromatic carbocycles. The minimum atomic E-state index is -1.37. The molecule has 8 heteroatoms. The van der Waals surface area contributed by atoms with Crippen LogP contribution in [0.4, 0.5) is 17.6 Å². The Morgan fingerprint density at radius 2 is 0.658 bits per heavy atom. The molecule has 2 nitrogen and oxygen atoms in total. The van der Waals surface area contributed by atoms with Crippen LogP contribution in [0.25, 0.3) is 0 Å². The van der Waals surface area contributed by atoms with Crippen molar-refractivity contribution in [3.8, 4) is 0 Å². The van der Waals surface area contributed by atoms with Crippen LogP contribution in [0, 0.1) is 23.3 Å². The van der Waals surface area contributed by atoms with Crippen LogP contribution in [0.1, 0.15) is 25.7 Å². The van der Waals surface area contributed by atoms with Crippen molar-refractivity contribution in [3.05, 3.63) is 120 Å². The molecule has 1 aliphatic carbocycles. The Hall–Kier alpha value is -2.62. The minimum Gasteiger partial charge on any atom is -0.344 e. The molecule has 0 aromatic heterocycles. The number of benzene rings is 4. The first-order valence-electron chi connectivity index (χ1n) is 12.4. The van der Waals surface area contributed by atoms with Gasteiger partial charge in [-0.25, -0.2) is 17.6 Å². The highest BCUT2D eigenvalue weighted by Crippen LogP contribution is 2.45. The molecule has 0 spiro atoms. The quantitative estimate of drug-likeness (QED) is 0.172. The predicted octanol–water partition coefficient (Wildman–Crippen LogP) is 6.98. The predicted molar refractivity (Wildman–Crippen MR) is 146 cm³/mol. The lowest BCUT2D eigenvalue weighted by Crippen LogP contribution is -2.36. The lowest BCUT2D eigenvalue weighted by molar-refractivity contribution is 0.0414. The van der Waals surface area contributed by atoms with Crippen molar-refractivity contribution < 1.29 is 26.6 Å². The third kappa shape index (κ3) is 6.68. The van der Waals surface area contributed by atoms with Crippen LogP contribution in [0.2, 0.25) is 0 Å². The van der Waals surface area contributed by atoms with Gasteiger partial charge in [-0.15, -0.1) is 0 Å². The molecule has 0 unspecified atom stereocenters.